The van der Waals surface area contributed by atoms with Crippen molar-refractivity contribution < 1.29 is 18.7 Å². The second-order valence-corrected chi connectivity index (χ2v) is 7.03. The van der Waals surface area contributed by atoms with Crippen molar-refractivity contribution in [1.29, 1.82) is 0 Å². The van der Waals surface area contributed by atoms with Gasteiger partial charge in [-0.1, -0.05) is 25.3 Å². The van der Waals surface area contributed by atoms with E-state index in [2.05, 4.69) is 5.32 Å². The lowest BCUT2D eigenvalue weighted by Gasteiger charge is -2.31. The van der Waals surface area contributed by atoms with Crippen LogP contribution in [0, 0.1) is 11.6 Å². The van der Waals surface area contributed by atoms with E-state index < -0.39 is 17.2 Å². The van der Waals surface area contributed by atoms with Gasteiger partial charge in [-0.15, -0.1) is 0 Å². The van der Waals surface area contributed by atoms with Gasteiger partial charge in [-0.3, -0.25) is 4.79 Å². The van der Waals surface area contributed by atoms with Crippen molar-refractivity contribution in [2.45, 2.75) is 56.6 Å². The molecule has 6 heteroatoms. The SMILES string of the molecule is O=C(CC1(O)CCCCC1)NC1CCN(c2c(F)cccc2F)C1. The minimum Gasteiger partial charge on any atom is -0.389 e. The Balaban J connectivity index is 1.55. The first-order chi connectivity index (χ1) is 11.5. The molecule has 1 saturated heterocycles. The van der Waals surface area contributed by atoms with Gasteiger partial charge in [0.05, 0.1) is 12.0 Å². The second-order valence-electron chi connectivity index (χ2n) is 7.03. The normalized spacial score (nSPS) is 23.3. The summed E-state index contributed by atoms with van der Waals surface area (Å²) in [5, 5.41) is 13.4. The third-order valence-electron chi connectivity index (χ3n) is 5.08. The molecule has 132 valence electrons. The predicted octanol–water partition coefficient (Wildman–Crippen LogP) is 2.75. The van der Waals surface area contributed by atoms with Crippen LogP contribution in [-0.4, -0.2) is 35.7 Å². The van der Waals surface area contributed by atoms with Gasteiger partial charge in [0.1, 0.15) is 17.3 Å². The summed E-state index contributed by atoms with van der Waals surface area (Å²) in [6.07, 6.45) is 5.08. The number of nitrogens with zero attached hydrogens (tertiary/aromatic N) is 1. The monoisotopic (exact) mass is 338 g/mol. The molecule has 1 aliphatic carbocycles. The minimum absolute atomic E-state index is 0.0276. The number of carbonyl (C=O) groups is 1. The molecule has 1 aromatic carbocycles. The van der Waals surface area contributed by atoms with Gasteiger partial charge in [-0.05, 0) is 31.4 Å². The van der Waals surface area contributed by atoms with Crippen LogP contribution in [-0.2, 0) is 4.79 Å². The number of carbonyl (C=O) groups excluding carboxylic acids is 1. The zero-order valence-corrected chi connectivity index (χ0v) is 13.7. The fraction of sp³-hybridized carbons (Fsp3) is 0.611. The van der Waals surface area contributed by atoms with Gasteiger partial charge in [0.25, 0.3) is 0 Å². The van der Waals surface area contributed by atoms with Gasteiger partial charge >= 0.3 is 0 Å². The quantitative estimate of drug-likeness (QED) is 0.888. The Morgan fingerprint density at radius 1 is 1.25 bits per heavy atom. The Labute approximate surface area is 140 Å². The van der Waals surface area contributed by atoms with Crippen LogP contribution in [0.5, 0.6) is 0 Å². The Morgan fingerprint density at radius 3 is 2.58 bits per heavy atom. The van der Waals surface area contributed by atoms with E-state index in [0.29, 0.717) is 32.4 Å². The average molecular weight is 338 g/mol. The van der Waals surface area contributed by atoms with Crippen LogP contribution in [0.15, 0.2) is 18.2 Å². The van der Waals surface area contributed by atoms with Gasteiger partial charge in [-0.25, -0.2) is 8.78 Å². The number of anilines is 1. The largest absolute Gasteiger partial charge is 0.389 e. The number of halogens is 2. The molecule has 3 rings (SSSR count). The number of hydrogen-bond acceptors (Lipinski definition) is 3. The van der Waals surface area contributed by atoms with Crippen LogP contribution < -0.4 is 10.2 Å². The average Bonchev–Trinajstić information content (AvgIpc) is 2.95. The maximum absolute atomic E-state index is 13.8. The summed E-state index contributed by atoms with van der Waals surface area (Å²) in [4.78, 5) is 13.8. The van der Waals surface area contributed by atoms with E-state index in [1.165, 1.54) is 18.2 Å². The summed E-state index contributed by atoms with van der Waals surface area (Å²) in [6.45, 7) is 0.870. The number of para-hydroxylation sites is 1. The molecule has 1 heterocycles. The summed E-state index contributed by atoms with van der Waals surface area (Å²) < 4.78 is 27.7. The van der Waals surface area contributed by atoms with E-state index >= 15 is 0 Å². The first kappa shape index (κ1) is 17.1. The van der Waals surface area contributed by atoms with E-state index in [1.807, 2.05) is 0 Å². The van der Waals surface area contributed by atoms with E-state index in [9.17, 15) is 18.7 Å². The van der Waals surface area contributed by atoms with Crippen LogP contribution in [0.2, 0.25) is 0 Å². The fourth-order valence-electron chi connectivity index (χ4n) is 3.84. The van der Waals surface area contributed by atoms with E-state index in [0.717, 1.165) is 19.3 Å². The van der Waals surface area contributed by atoms with Gasteiger partial charge in [-0.2, -0.15) is 0 Å². The van der Waals surface area contributed by atoms with Crippen LogP contribution in [0.1, 0.15) is 44.9 Å². The number of nitrogens with one attached hydrogen (secondary N) is 1. The Bertz CT molecular complexity index is 582. The highest BCUT2D eigenvalue weighted by molar-refractivity contribution is 5.77. The summed E-state index contributed by atoms with van der Waals surface area (Å²) in [5.74, 6) is -1.35. The first-order valence-corrected chi connectivity index (χ1v) is 8.68. The van der Waals surface area contributed by atoms with Gasteiger partial charge in [0.2, 0.25) is 5.91 Å². The molecular weight excluding hydrogens is 314 g/mol. The van der Waals surface area contributed by atoms with Gasteiger partial charge < -0.3 is 15.3 Å². The number of amides is 1. The molecule has 2 N–H and O–H groups in total. The summed E-state index contributed by atoms with van der Waals surface area (Å²) >= 11 is 0. The van der Waals surface area contributed by atoms with E-state index in [4.69, 9.17) is 0 Å². The van der Waals surface area contributed by atoms with Crippen molar-refractivity contribution in [1.82, 2.24) is 5.32 Å². The molecular formula is C18H24F2N2O2. The van der Waals surface area contributed by atoms with Crippen LogP contribution >= 0.6 is 0 Å². The molecule has 2 aliphatic rings. The molecule has 0 radical (unpaired) electrons. The molecule has 4 nitrogen and oxygen atoms in total. The van der Waals surface area contributed by atoms with Crippen LogP contribution in [0.4, 0.5) is 14.5 Å². The van der Waals surface area contributed by atoms with Gasteiger partial charge in [0, 0.05) is 19.1 Å². The lowest BCUT2D eigenvalue weighted by Crippen LogP contribution is -2.43. The third-order valence-corrected chi connectivity index (χ3v) is 5.08. The maximum Gasteiger partial charge on any atom is 0.223 e. The van der Waals surface area contributed by atoms with E-state index in [-0.39, 0.29) is 24.1 Å². The summed E-state index contributed by atoms with van der Waals surface area (Å²) in [7, 11) is 0. The molecule has 1 amide bonds. The zero-order chi connectivity index (χ0) is 17.2. The van der Waals surface area contributed by atoms with Crippen molar-refractivity contribution in [3.63, 3.8) is 0 Å². The fourth-order valence-corrected chi connectivity index (χ4v) is 3.84. The van der Waals surface area contributed by atoms with Crippen molar-refractivity contribution in [3.8, 4) is 0 Å². The van der Waals surface area contributed by atoms with Crippen molar-refractivity contribution in [2.24, 2.45) is 0 Å². The maximum atomic E-state index is 13.8. The molecule has 2 fully saturated rings. The molecule has 24 heavy (non-hydrogen) atoms. The Kier molecular flexibility index (Phi) is 5.04. The number of rotatable bonds is 4. The predicted molar refractivity (Wildman–Crippen MR) is 87.8 cm³/mol. The standard InChI is InChI=1S/C18H24F2N2O2/c19-14-5-4-6-15(20)17(14)22-10-7-13(12-22)21-16(23)11-18(24)8-2-1-3-9-18/h4-6,13,24H,1-3,7-12H2,(H,21,23). The molecule has 1 unspecified atom stereocenters. The van der Waals surface area contributed by atoms with Crippen molar-refractivity contribution in [3.05, 3.63) is 29.8 Å². The summed E-state index contributed by atoms with van der Waals surface area (Å²) in [6, 6.07) is 3.67. The highest BCUT2D eigenvalue weighted by atomic mass is 19.1. The van der Waals surface area contributed by atoms with Crippen molar-refractivity contribution >= 4 is 11.6 Å². The van der Waals surface area contributed by atoms with Crippen molar-refractivity contribution in [2.75, 3.05) is 18.0 Å². The smallest absolute Gasteiger partial charge is 0.223 e. The number of benzene rings is 1. The Hall–Kier alpha value is -1.69. The zero-order valence-electron chi connectivity index (χ0n) is 13.7. The highest BCUT2D eigenvalue weighted by Crippen LogP contribution is 2.31. The highest BCUT2D eigenvalue weighted by Gasteiger charge is 2.33. The second kappa shape index (κ2) is 7.05. The van der Waals surface area contributed by atoms with Crippen LogP contribution in [0.3, 0.4) is 0 Å². The number of hydrogen-bond donors (Lipinski definition) is 2. The lowest BCUT2D eigenvalue weighted by atomic mass is 9.82. The molecule has 0 bridgehead atoms. The molecule has 1 aliphatic heterocycles. The first-order valence-electron chi connectivity index (χ1n) is 8.68. The third kappa shape index (κ3) is 3.86. The lowest BCUT2D eigenvalue weighted by molar-refractivity contribution is -0.128. The van der Waals surface area contributed by atoms with Crippen LogP contribution in [0.25, 0.3) is 0 Å². The summed E-state index contributed by atoms with van der Waals surface area (Å²) in [5.41, 5.74) is -0.918. The van der Waals surface area contributed by atoms with Gasteiger partial charge in [0.15, 0.2) is 0 Å². The number of aliphatic hydroxyl groups is 1. The Morgan fingerprint density at radius 2 is 1.92 bits per heavy atom. The molecule has 1 saturated carbocycles. The molecule has 1 aromatic rings. The molecule has 1 atom stereocenters. The van der Waals surface area contributed by atoms with E-state index in [1.54, 1.807) is 4.90 Å². The molecule has 0 aromatic heterocycles. The topological polar surface area (TPSA) is 52.6 Å². The minimum atomic E-state index is -0.891. The molecule has 0 spiro atoms.